The van der Waals surface area contributed by atoms with Crippen molar-refractivity contribution in [1.82, 2.24) is 5.32 Å². The molecule has 0 aliphatic heterocycles. The number of aryl methyl sites for hydroxylation is 1. The van der Waals surface area contributed by atoms with Gasteiger partial charge < -0.3 is 5.32 Å². The summed E-state index contributed by atoms with van der Waals surface area (Å²) in [5.74, 6) is -0.656. The molecule has 0 unspecified atom stereocenters. The van der Waals surface area contributed by atoms with E-state index in [1.165, 1.54) is 18.2 Å². The minimum atomic E-state index is -4.67. The molecule has 0 saturated carbocycles. The highest BCUT2D eigenvalue weighted by Gasteiger charge is 2.33. The molecule has 4 aromatic carbocycles. The lowest BCUT2D eigenvalue weighted by Gasteiger charge is -2.25. The minimum absolute atomic E-state index is 0.126. The van der Waals surface area contributed by atoms with E-state index in [4.69, 9.17) is 0 Å². The Morgan fingerprint density at radius 3 is 2.28 bits per heavy atom. The summed E-state index contributed by atoms with van der Waals surface area (Å²) in [6, 6.07) is 23.0. The zero-order valence-corrected chi connectivity index (χ0v) is 20.1. The number of hydrogen-bond donors (Lipinski definition) is 1. The number of anilines is 1. The Kier molecular flexibility index (Phi) is 7.03. The average molecular weight is 513 g/mol. The third-order valence-corrected chi connectivity index (χ3v) is 7.50. The number of nitrogens with zero attached hydrogens (tertiary/aromatic N) is 1. The number of benzene rings is 4. The largest absolute Gasteiger partial charge is 0.416 e. The van der Waals surface area contributed by atoms with E-state index in [2.05, 4.69) is 5.32 Å². The highest BCUT2D eigenvalue weighted by atomic mass is 32.2. The molecular weight excluding hydrogens is 489 g/mol. The molecule has 5 nitrogen and oxygen atoms in total. The van der Waals surface area contributed by atoms with Crippen molar-refractivity contribution in [3.63, 3.8) is 0 Å². The lowest BCUT2D eigenvalue weighted by Crippen LogP contribution is -2.40. The van der Waals surface area contributed by atoms with Crippen LogP contribution in [0.3, 0.4) is 0 Å². The molecule has 0 aromatic heterocycles. The van der Waals surface area contributed by atoms with Crippen molar-refractivity contribution in [2.75, 3.05) is 10.8 Å². The molecule has 4 aromatic rings. The normalized spacial score (nSPS) is 11.9. The summed E-state index contributed by atoms with van der Waals surface area (Å²) in [5.41, 5.74) is 0.367. The molecule has 0 aliphatic carbocycles. The van der Waals surface area contributed by atoms with Gasteiger partial charge >= 0.3 is 6.18 Å². The molecule has 0 bridgehead atoms. The Bertz CT molecular complexity index is 1500. The van der Waals surface area contributed by atoms with Gasteiger partial charge in [0.2, 0.25) is 5.91 Å². The highest BCUT2D eigenvalue weighted by Crippen LogP contribution is 2.33. The van der Waals surface area contributed by atoms with E-state index < -0.39 is 34.2 Å². The Balaban J connectivity index is 1.64. The van der Waals surface area contributed by atoms with Crippen molar-refractivity contribution in [2.45, 2.75) is 24.5 Å². The number of rotatable bonds is 7. The van der Waals surface area contributed by atoms with Crippen LogP contribution in [-0.4, -0.2) is 20.9 Å². The fraction of sp³-hybridized carbons (Fsp3) is 0.148. The van der Waals surface area contributed by atoms with Crippen LogP contribution in [0.1, 0.15) is 16.7 Å². The van der Waals surface area contributed by atoms with Gasteiger partial charge in [-0.1, -0.05) is 66.2 Å². The Morgan fingerprint density at radius 1 is 0.889 bits per heavy atom. The zero-order valence-electron chi connectivity index (χ0n) is 19.3. The first kappa shape index (κ1) is 25.2. The van der Waals surface area contributed by atoms with Gasteiger partial charge in [-0.3, -0.25) is 9.10 Å². The van der Waals surface area contributed by atoms with Crippen LogP contribution in [0.4, 0.5) is 18.9 Å². The number of alkyl halides is 3. The number of sulfonamides is 1. The van der Waals surface area contributed by atoms with Crippen molar-refractivity contribution in [3.8, 4) is 0 Å². The maximum Gasteiger partial charge on any atom is 0.416 e. The van der Waals surface area contributed by atoms with Crippen LogP contribution in [0.25, 0.3) is 10.8 Å². The van der Waals surface area contributed by atoms with E-state index >= 15 is 0 Å². The van der Waals surface area contributed by atoms with E-state index in [0.29, 0.717) is 4.31 Å². The lowest BCUT2D eigenvalue weighted by atomic mass is 10.0. The second kappa shape index (κ2) is 10.0. The molecule has 0 heterocycles. The molecule has 0 aliphatic rings. The van der Waals surface area contributed by atoms with Crippen LogP contribution < -0.4 is 9.62 Å². The summed E-state index contributed by atoms with van der Waals surface area (Å²) in [6.45, 7) is 1.21. The van der Waals surface area contributed by atoms with Gasteiger partial charge in [0.15, 0.2) is 0 Å². The van der Waals surface area contributed by atoms with Gasteiger partial charge in [0.25, 0.3) is 10.0 Å². The first-order chi connectivity index (χ1) is 17.1. The molecule has 4 rings (SSSR count). The van der Waals surface area contributed by atoms with E-state index in [1.54, 1.807) is 19.1 Å². The van der Waals surface area contributed by atoms with E-state index in [9.17, 15) is 26.4 Å². The molecule has 186 valence electrons. The second-order valence-electron chi connectivity index (χ2n) is 8.29. The smallest absolute Gasteiger partial charge is 0.350 e. The average Bonchev–Trinajstić information content (AvgIpc) is 2.85. The van der Waals surface area contributed by atoms with Crippen molar-refractivity contribution >= 4 is 32.4 Å². The number of carbonyl (C=O) groups excluding carboxylic acids is 1. The topological polar surface area (TPSA) is 66.5 Å². The lowest BCUT2D eigenvalue weighted by molar-refractivity contribution is -0.137. The van der Waals surface area contributed by atoms with E-state index in [0.717, 1.165) is 40.1 Å². The van der Waals surface area contributed by atoms with Gasteiger partial charge in [0.05, 0.1) is 16.1 Å². The predicted molar refractivity (Wildman–Crippen MR) is 133 cm³/mol. The summed E-state index contributed by atoms with van der Waals surface area (Å²) in [4.78, 5) is 12.8. The van der Waals surface area contributed by atoms with Crippen LogP contribution in [-0.2, 0) is 27.5 Å². The van der Waals surface area contributed by atoms with Crippen molar-refractivity contribution in [1.29, 1.82) is 0 Å². The van der Waals surface area contributed by atoms with Crippen LogP contribution in [0.5, 0.6) is 0 Å². The van der Waals surface area contributed by atoms with Crippen molar-refractivity contribution < 1.29 is 26.4 Å². The van der Waals surface area contributed by atoms with E-state index in [1.807, 2.05) is 42.5 Å². The number of carbonyl (C=O) groups is 1. The number of hydrogen-bond acceptors (Lipinski definition) is 3. The first-order valence-electron chi connectivity index (χ1n) is 11.1. The third kappa shape index (κ3) is 5.52. The summed E-state index contributed by atoms with van der Waals surface area (Å²) in [6.07, 6.45) is -4.67. The van der Waals surface area contributed by atoms with Crippen LogP contribution in [0.15, 0.2) is 95.9 Å². The highest BCUT2D eigenvalue weighted by molar-refractivity contribution is 7.92. The van der Waals surface area contributed by atoms with Crippen molar-refractivity contribution in [2.24, 2.45) is 0 Å². The Morgan fingerprint density at radius 2 is 1.56 bits per heavy atom. The molecule has 0 fully saturated rings. The quantitative estimate of drug-likeness (QED) is 0.347. The molecule has 9 heteroatoms. The molecule has 0 atom stereocenters. The fourth-order valence-electron chi connectivity index (χ4n) is 3.82. The summed E-state index contributed by atoms with van der Waals surface area (Å²) < 4.78 is 67.6. The SMILES string of the molecule is Cc1ccc(S(=O)(=O)N(CC(=O)NCc2cccc3ccccc23)c2cccc(C(F)(F)F)c2)cc1. The molecule has 36 heavy (non-hydrogen) atoms. The van der Waals surface area contributed by atoms with Crippen LogP contribution >= 0.6 is 0 Å². The van der Waals surface area contributed by atoms with Crippen LogP contribution in [0, 0.1) is 6.92 Å². The standard InChI is InChI=1S/C27H23F3N2O3S/c1-19-12-14-24(15-13-19)36(34,35)32(23-10-5-9-22(16-23)27(28,29)30)18-26(33)31-17-21-8-4-7-20-6-2-3-11-25(20)21/h2-16H,17-18H2,1H3,(H,31,33). The van der Waals surface area contributed by atoms with Crippen LogP contribution in [0.2, 0.25) is 0 Å². The molecule has 0 radical (unpaired) electrons. The molecule has 1 N–H and O–H groups in total. The van der Waals surface area contributed by atoms with Gasteiger partial charge in [-0.05, 0) is 53.6 Å². The number of amides is 1. The molecule has 1 amide bonds. The molecular formula is C27H23F3N2O3S. The number of halogens is 3. The fourth-order valence-corrected chi connectivity index (χ4v) is 5.23. The van der Waals surface area contributed by atoms with Gasteiger partial charge in [-0.2, -0.15) is 13.2 Å². The first-order valence-corrected chi connectivity index (χ1v) is 12.5. The van der Waals surface area contributed by atoms with Gasteiger partial charge in [-0.15, -0.1) is 0 Å². The number of fused-ring (bicyclic) bond motifs is 1. The van der Waals surface area contributed by atoms with Crippen molar-refractivity contribution in [3.05, 3.63) is 108 Å². The van der Waals surface area contributed by atoms with Gasteiger partial charge in [0.1, 0.15) is 6.54 Å². The molecule has 0 saturated heterocycles. The summed E-state index contributed by atoms with van der Waals surface area (Å²) in [7, 11) is -4.34. The second-order valence-corrected chi connectivity index (χ2v) is 10.2. The number of nitrogens with one attached hydrogen (secondary N) is 1. The van der Waals surface area contributed by atoms with E-state index in [-0.39, 0.29) is 17.1 Å². The predicted octanol–water partition coefficient (Wildman–Crippen LogP) is 5.68. The van der Waals surface area contributed by atoms with Gasteiger partial charge in [0, 0.05) is 6.54 Å². The maximum absolute atomic E-state index is 13.5. The zero-order chi connectivity index (χ0) is 25.9. The Hall–Kier alpha value is -3.85. The third-order valence-electron chi connectivity index (χ3n) is 5.71. The maximum atomic E-state index is 13.5. The summed E-state index contributed by atoms with van der Waals surface area (Å²) >= 11 is 0. The summed E-state index contributed by atoms with van der Waals surface area (Å²) in [5, 5.41) is 4.62. The monoisotopic (exact) mass is 512 g/mol. The Labute approximate surface area is 207 Å². The molecule has 0 spiro atoms. The van der Waals surface area contributed by atoms with Gasteiger partial charge in [-0.25, -0.2) is 8.42 Å². The minimum Gasteiger partial charge on any atom is -0.350 e.